The van der Waals surface area contributed by atoms with E-state index in [0.29, 0.717) is 36.3 Å². The number of Topliss-reactive ketones (excluding diaryl/α,β-unsaturated/α-hetero) is 1. The van der Waals surface area contributed by atoms with E-state index < -0.39 is 0 Å². The van der Waals surface area contributed by atoms with Gasteiger partial charge in [-0.2, -0.15) is 5.26 Å². The fraction of sp³-hybridized carbons (Fsp3) is 0.333. The summed E-state index contributed by atoms with van der Waals surface area (Å²) >= 11 is 0. The van der Waals surface area contributed by atoms with Crippen LogP contribution in [-0.2, 0) is 6.54 Å². The number of β-amino-alcohol motifs (C(OH)–C–C–N with tert-alkyl or cyclic N) is 1. The minimum absolute atomic E-state index is 0.0282. The lowest BCUT2D eigenvalue weighted by molar-refractivity contribution is 0.101. The molecule has 0 radical (unpaired) electrons. The standard InChI is InChI=1S/C21H23N3O2/c1-15(25)17-7-8-18(11-22)21(9-17)23-12-19-10-20(26)14-24(19)13-16-5-3-2-4-6-16/h2-9,19-20,23,26H,10,12-14H2,1H3/t19-,20-/m0/s1. The van der Waals surface area contributed by atoms with E-state index >= 15 is 0 Å². The van der Waals surface area contributed by atoms with Crippen molar-refractivity contribution >= 4 is 11.5 Å². The molecular weight excluding hydrogens is 326 g/mol. The van der Waals surface area contributed by atoms with E-state index in [4.69, 9.17) is 0 Å². The molecule has 0 unspecified atom stereocenters. The Morgan fingerprint density at radius 2 is 2.08 bits per heavy atom. The Hall–Kier alpha value is -2.68. The summed E-state index contributed by atoms with van der Waals surface area (Å²) in [5.74, 6) is -0.0282. The lowest BCUT2D eigenvalue weighted by Crippen LogP contribution is -2.34. The SMILES string of the molecule is CC(=O)c1ccc(C#N)c(NC[C@@H]2C[C@H](O)CN2Cc2ccccc2)c1. The molecule has 2 atom stereocenters. The molecule has 1 heterocycles. The van der Waals surface area contributed by atoms with Gasteiger partial charge in [0.05, 0.1) is 17.4 Å². The molecule has 1 aliphatic rings. The van der Waals surface area contributed by atoms with E-state index in [9.17, 15) is 15.2 Å². The maximum Gasteiger partial charge on any atom is 0.159 e. The van der Waals surface area contributed by atoms with Crippen molar-refractivity contribution in [2.75, 3.05) is 18.4 Å². The fourth-order valence-corrected chi connectivity index (χ4v) is 3.42. The molecule has 1 saturated heterocycles. The summed E-state index contributed by atoms with van der Waals surface area (Å²) in [6, 6.07) is 17.6. The molecule has 2 aromatic carbocycles. The number of rotatable bonds is 6. The second-order valence-corrected chi connectivity index (χ2v) is 6.77. The molecule has 5 nitrogen and oxygen atoms in total. The van der Waals surface area contributed by atoms with Crippen molar-refractivity contribution in [3.05, 3.63) is 65.2 Å². The zero-order chi connectivity index (χ0) is 18.5. The number of benzene rings is 2. The lowest BCUT2D eigenvalue weighted by atomic mass is 10.1. The second kappa shape index (κ2) is 8.13. The molecule has 26 heavy (non-hydrogen) atoms. The molecule has 1 fully saturated rings. The van der Waals surface area contributed by atoms with Crippen LogP contribution in [0.25, 0.3) is 0 Å². The topological polar surface area (TPSA) is 76.4 Å². The quantitative estimate of drug-likeness (QED) is 0.784. The van der Waals surface area contributed by atoms with Crippen LogP contribution in [0.4, 0.5) is 5.69 Å². The predicted octanol–water partition coefficient (Wildman–Crippen LogP) is 2.81. The van der Waals surface area contributed by atoms with Crippen LogP contribution >= 0.6 is 0 Å². The van der Waals surface area contributed by atoms with Crippen LogP contribution < -0.4 is 5.32 Å². The summed E-state index contributed by atoms with van der Waals surface area (Å²) in [6.07, 6.45) is 0.346. The minimum atomic E-state index is -0.343. The average Bonchev–Trinajstić information content (AvgIpc) is 2.99. The van der Waals surface area contributed by atoms with Crippen molar-refractivity contribution in [3.63, 3.8) is 0 Å². The van der Waals surface area contributed by atoms with Gasteiger partial charge in [-0.15, -0.1) is 0 Å². The maximum absolute atomic E-state index is 11.6. The summed E-state index contributed by atoms with van der Waals surface area (Å²) < 4.78 is 0. The Labute approximate surface area is 153 Å². The van der Waals surface area contributed by atoms with E-state index in [1.807, 2.05) is 18.2 Å². The summed E-state index contributed by atoms with van der Waals surface area (Å²) in [4.78, 5) is 13.9. The highest BCUT2D eigenvalue weighted by molar-refractivity contribution is 5.95. The summed E-state index contributed by atoms with van der Waals surface area (Å²) in [6.45, 7) is 3.54. The molecule has 2 aromatic rings. The number of hydrogen-bond donors (Lipinski definition) is 2. The first-order valence-electron chi connectivity index (χ1n) is 8.82. The van der Waals surface area contributed by atoms with Gasteiger partial charge in [-0.25, -0.2) is 0 Å². The first-order chi connectivity index (χ1) is 12.6. The Morgan fingerprint density at radius 3 is 2.77 bits per heavy atom. The number of nitriles is 1. The number of likely N-dealkylation sites (tertiary alicyclic amines) is 1. The highest BCUT2D eigenvalue weighted by Gasteiger charge is 2.30. The van der Waals surface area contributed by atoms with Gasteiger partial charge in [0.25, 0.3) is 0 Å². The van der Waals surface area contributed by atoms with Gasteiger partial charge in [0.2, 0.25) is 0 Å². The van der Waals surface area contributed by atoms with Crippen molar-refractivity contribution in [1.82, 2.24) is 4.90 Å². The number of nitrogens with one attached hydrogen (secondary N) is 1. The molecule has 1 aliphatic heterocycles. The van der Waals surface area contributed by atoms with Gasteiger partial charge in [0.1, 0.15) is 6.07 Å². The van der Waals surface area contributed by atoms with Crippen molar-refractivity contribution in [1.29, 1.82) is 5.26 Å². The molecule has 0 saturated carbocycles. The van der Waals surface area contributed by atoms with E-state index in [2.05, 4.69) is 28.4 Å². The number of carbonyl (C=O) groups excluding carboxylic acids is 1. The van der Waals surface area contributed by atoms with Gasteiger partial charge in [0.15, 0.2) is 5.78 Å². The monoisotopic (exact) mass is 349 g/mol. The van der Waals surface area contributed by atoms with Gasteiger partial charge < -0.3 is 10.4 Å². The minimum Gasteiger partial charge on any atom is -0.392 e. The molecule has 0 amide bonds. The van der Waals surface area contributed by atoms with Crippen LogP contribution in [0, 0.1) is 11.3 Å². The summed E-state index contributed by atoms with van der Waals surface area (Å²) in [7, 11) is 0. The zero-order valence-electron chi connectivity index (χ0n) is 14.9. The highest BCUT2D eigenvalue weighted by Crippen LogP contribution is 2.23. The Kier molecular flexibility index (Phi) is 5.67. The molecule has 0 aliphatic carbocycles. The first kappa shape index (κ1) is 18.1. The first-order valence-corrected chi connectivity index (χ1v) is 8.82. The molecule has 0 spiro atoms. The number of nitrogens with zero attached hydrogens (tertiary/aromatic N) is 2. The number of carbonyl (C=O) groups is 1. The van der Waals surface area contributed by atoms with Crippen LogP contribution in [0.15, 0.2) is 48.5 Å². The third kappa shape index (κ3) is 4.29. The summed E-state index contributed by atoms with van der Waals surface area (Å²) in [5.41, 5.74) is 2.98. The normalized spacial score (nSPS) is 19.9. The molecule has 5 heteroatoms. The van der Waals surface area contributed by atoms with Crippen LogP contribution in [0.1, 0.15) is 34.8 Å². The Bertz CT molecular complexity index is 814. The average molecular weight is 349 g/mol. The highest BCUT2D eigenvalue weighted by atomic mass is 16.3. The third-order valence-electron chi connectivity index (χ3n) is 4.81. The van der Waals surface area contributed by atoms with Crippen molar-refractivity contribution in [3.8, 4) is 6.07 Å². The van der Waals surface area contributed by atoms with E-state index in [-0.39, 0.29) is 17.9 Å². The van der Waals surface area contributed by atoms with Crippen LogP contribution in [-0.4, -0.2) is 41.0 Å². The van der Waals surface area contributed by atoms with Gasteiger partial charge >= 0.3 is 0 Å². The van der Waals surface area contributed by atoms with Gasteiger partial charge in [-0.05, 0) is 37.1 Å². The lowest BCUT2D eigenvalue weighted by Gasteiger charge is -2.25. The van der Waals surface area contributed by atoms with Crippen LogP contribution in [0.5, 0.6) is 0 Å². The number of anilines is 1. The van der Waals surface area contributed by atoms with Gasteiger partial charge in [-0.1, -0.05) is 30.3 Å². The van der Waals surface area contributed by atoms with Crippen LogP contribution in [0.3, 0.4) is 0 Å². The Balaban J connectivity index is 1.70. The number of aliphatic hydroxyl groups excluding tert-OH is 1. The zero-order valence-corrected chi connectivity index (χ0v) is 14.9. The predicted molar refractivity (Wildman–Crippen MR) is 101 cm³/mol. The number of ketones is 1. The van der Waals surface area contributed by atoms with Crippen molar-refractivity contribution < 1.29 is 9.90 Å². The molecule has 134 valence electrons. The Morgan fingerprint density at radius 1 is 1.31 bits per heavy atom. The smallest absolute Gasteiger partial charge is 0.159 e. The molecule has 0 bridgehead atoms. The van der Waals surface area contributed by atoms with E-state index in [0.717, 1.165) is 6.54 Å². The number of hydrogen-bond acceptors (Lipinski definition) is 5. The van der Waals surface area contributed by atoms with Gasteiger partial charge in [0, 0.05) is 31.2 Å². The van der Waals surface area contributed by atoms with Crippen LogP contribution in [0.2, 0.25) is 0 Å². The van der Waals surface area contributed by atoms with Gasteiger partial charge in [-0.3, -0.25) is 9.69 Å². The van der Waals surface area contributed by atoms with E-state index in [1.165, 1.54) is 12.5 Å². The molecule has 2 N–H and O–H groups in total. The summed E-state index contributed by atoms with van der Waals surface area (Å²) in [5, 5.41) is 22.7. The third-order valence-corrected chi connectivity index (χ3v) is 4.81. The van der Waals surface area contributed by atoms with Crippen molar-refractivity contribution in [2.45, 2.75) is 32.0 Å². The molecule has 3 rings (SSSR count). The maximum atomic E-state index is 11.6. The number of aliphatic hydroxyl groups is 1. The largest absolute Gasteiger partial charge is 0.392 e. The van der Waals surface area contributed by atoms with Crippen molar-refractivity contribution in [2.24, 2.45) is 0 Å². The van der Waals surface area contributed by atoms with E-state index in [1.54, 1.807) is 18.2 Å². The second-order valence-electron chi connectivity index (χ2n) is 6.77. The molecular formula is C21H23N3O2. The fourth-order valence-electron chi connectivity index (χ4n) is 3.42. The molecule has 0 aromatic heterocycles.